The van der Waals surface area contributed by atoms with Crippen LogP contribution in [-0.2, 0) is 6.54 Å². The van der Waals surface area contributed by atoms with E-state index in [1.54, 1.807) is 23.1 Å². The standard InChI is InChI=1S/C15H15BrN2S2/c1-3-19-14-6-4-5-13(12(14)8-17)18(2)9-11-7-15(16)20-10-11/h4-7,10H,3,9H2,1-2H3. The van der Waals surface area contributed by atoms with Gasteiger partial charge in [0, 0.05) is 18.5 Å². The summed E-state index contributed by atoms with van der Waals surface area (Å²) in [5.74, 6) is 0.972. The van der Waals surface area contributed by atoms with Crippen molar-refractivity contribution in [2.24, 2.45) is 0 Å². The minimum atomic E-state index is 0.774. The summed E-state index contributed by atoms with van der Waals surface area (Å²) in [5, 5.41) is 11.6. The summed E-state index contributed by atoms with van der Waals surface area (Å²) < 4.78 is 1.14. The van der Waals surface area contributed by atoms with Crippen LogP contribution in [-0.4, -0.2) is 12.8 Å². The molecule has 0 atom stereocenters. The van der Waals surface area contributed by atoms with Crippen LogP contribution >= 0.6 is 39.0 Å². The average Bonchev–Trinajstić information content (AvgIpc) is 2.84. The van der Waals surface area contributed by atoms with E-state index < -0.39 is 0 Å². The molecule has 104 valence electrons. The van der Waals surface area contributed by atoms with E-state index in [9.17, 15) is 5.26 Å². The zero-order chi connectivity index (χ0) is 14.5. The smallest absolute Gasteiger partial charge is 0.103 e. The Hall–Kier alpha value is -0.960. The van der Waals surface area contributed by atoms with Crippen LogP contribution in [0.5, 0.6) is 0 Å². The van der Waals surface area contributed by atoms with Gasteiger partial charge < -0.3 is 4.90 Å². The zero-order valence-electron chi connectivity index (χ0n) is 11.4. The maximum Gasteiger partial charge on any atom is 0.103 e. The second kappa shape index (κ2) is 7.16. The predicted molar refractivity (Wildman–Crippen MR) is 91.7 cm³/mol. The molecular weight excluding hydrogens is 352 g/mol. The molecule has 0 aliphatic carbocycles. The van der Waals surface area contributed by atoms with Crippen LogP contribution in [0.1, 0.15) is 18.1 Å². The van der Waals surface area contributed by atoms with Gasteiger partial charge in [0.2, 0.25) is 0 Å². The molecule has 0 aliphatic heterocycles. The van der Waals surface area contributed by atoms with E-state index >= 15 is 0 Å². The fourth-order valence-corrected chi connectivity index (χ4v) is 3.99. The highest BCUT2D eigenvalue weighted by atomic mass is 79.9. The number of nitrogens with zero attached hydrogens (tertiary/aromatic N) is 2. The first-order valence-electron chi connectivity index (χ1n) is 6.25. The van der Waals surface area contributed by atoms with E-state index in [0.717, 1.165) is 32.2 Å². The Bertz CT molecular complexity index is 631. The van der Waals surface area contributed by atoms with E-state index in [1.165, 1.54) is 5.56 Å². The number of thioether (sulfide) groups is 1. The van der Waals surface area contributed by atoms with Gasteiger partial charge in [0.05, 0.1) is 15.0 Å². The summed E-state index contributed by atoms with van der Waals surface area (Å²) in [6.45, 7) is 2.90. The molecule has 0 radical (unpaired) electrons. The van der Waals surface area contributed by atoms with Crippen LogP contribution in [0.3, 0.4) is 0 Å². The van der Waals surface area contributed by atoms with Gasteiger partial charge in [-0.1, -0.05) is 13.0 Å². The van der Waals surface area contributed by atoms with Gasteiger partial charge in [0.25, 0.3) is 0 Å². The molecule has 0 saturated carbocycles. The number of halogens is 1. The van der Waals surface area contributed by atoms with Crippen molar-refractivity contribution in [3.8, 4) is 6.07 Å². The Morgan fingerprint density at radius 2 is 2.25 bits per heavy atom. The number of anilines is 1. The topological polar surface area (TPSA) is 27.0 Å². The van der Waals surface area contributed by atoms with Crippen LogP contribution in [0, 0.1) is 11.3 Å². The van der Waals surface area contributed by atoms with Crippen LogP contribution in [0.4, 0.5) is 5.69 Å². The molecule has 5 heteroatoms. The Morgan fingerprint density at radius 1 is 1.45 bits per heavy atom. The molecule has 0 fully saturated rings. The maximum atomic E-state index is 9.45. The Kier molecular flexibility index (Phi) is 5.53. The highest BCUT2D eigenvalue weighted by molar-refractivity contribution is 9.11. The van der Waals surface area contributed by atoms with Crippen LogP contribution in [0.25, 0.3) is 0 Å². The van der Waals surface area contributed by atoms with Gasteiger partial charge in [-0.2, -0.15) is 5.26 Å². The fraction of sp³-hybridized carbons (Fsp3) is 0.267. The molecule has 2 aromatic rings. The second-order valence-electron chi connectivity index (χ2n) is 4.31. The Morgan fingerprint density at radius 3 is 2.85 bits per heavy atom. The quantitative estimate of drug-likeness (QED) is 0.686. The first-order chi connectivity index (χ1) is 9.65. The molecule has 2 rings (SSSR count). The van der Waals surface area contributed by atoms with Gasteiger partial charge in [-0.05, 0) is 50.8 Å². The summed E-state index contributed by atoms with van der Waals surface area (Å²) in [7, 11) is 2.03. The first-order valence-corrected chi connectivity index (χ1v) is 8.91. The number of hydrogen-bond acceptors (Lipinski definition) is 4. The van der Waals surface area contributed by atoms with E-state index in [1.807, 2.05) is 25.2 Å². The van der Waals surface area contributed by atoms with E-state index in [2.05, 4.69) is 45.3 Å². The third-order valence-electron chi connectivity index (χ3n) is 2.87. The van der Waals surface area contributed by atoms with Crippen molar-refractivity contribution in [2.75, 3.05) is 17.7 Å². The SMILES string of the molecule is CCSc1cccc(N(C)Cc2csc(Br)c2)c1C#N. The number of hydrogen-bond donors (Lipinski definition) is 0. The van der Waals surface area contributed by atoms with Crippen molar-refractivity contribution < 1.29 is 0 Å². The minimum absolute atomic E-state index is 0.774. The van der Waals surface area contributed by atoms with Crippen molar-refractivity contribution in [2.45, 2.75) is 18.4 Å². The second-order valence-corrected chi connectivity index (χ2v) is 7.91. The van der Waals surface area contributed by atoms with Crippen LogP contribution in [0.2, 0.25) is 0 Å². The normalized spacial score (nSPS) is 10.3. The maximum absolute atomic E-state index is 9.45. The summed E-state index contributed by atoms with van der Waals surface area (Å²) >= 11 is 6.88. The lowest BCUT2D eigenvalue weighted by molar-refractivity contribution is 0.921. The number of nitriles is 1. The summed E-state index contributed by atoms with van der Waals surface area (Å²) in [5.41, 5.74) is 3.02. The van der Waals surface area contributed by atoms with Crippen LogP contribution in [0.15, 0.2) is 38.3 Å². The highest BCUT2D eigenvalue weighted by Gasteiger charge is 2.12. The number of thiophene rings is 1. The lowest BCUT2D eigenvalue weighted by Crippen LogP contribution is -2.17. The molecule has 2 nitrogen and oxygen atoms in total. The van der Waals surface area contributed by atoms with Gasteiger partial charge in [0.1, 0.15) is 6.07 Å². The molecule has 0 bridgehead atoms. The average molecular weight is 367 g/mol. The van der Waals surface area contributed by atoms with Gasteiger partial charge in [-0.15, -0.1) is 23.1 Å². The molecule has 1 aromatic heterocycles. The highest BCUT2D eigenvalue weighted by Crippen LogP contribution is 2.31. The summed E-state index contributed by atoms with van der Waals surface area (Å²) in [4.78, 5) is 3.19. The first kappa shape index (κ1) is 15.4. The molecule has 0 unspecified atom stereocenters. The van der Waals surface area contributed by atoms with Gasteiger partial charge in [-0.25, -0.2) is 0 Å². The van der Waals surface area contributed by atoms with E-state index in [0.29, 0.717) is 0 Å². The molecule has 1 heterocycles. The van der Waals surface area contributed by atoms with Crippen molar-refractivity contribution >= 4 is 44.7 Å². The summed E-state index contributed by atoms with van der Waals surface area (Å²) in [6.07, 6.45) is 0. The van der Waals surface area contributed by atoms with Gasteiger partial charge >= 0.3 is 0 Å². The van der Waals surface area contributed by atoms with E-state index in [4.69, 9.17) is 0 Å². The van der Waals surface area contributed by atoms with Crippen molar-refractivity contribution in [3.63, 3.8) is 0 Å². The third-order valence-corrected chi connectivity index (χ3v) is 5.36. The number of rotatable bonds is 5. The zero-order valence-corrected chi connectivity index (χ0v) is 14.6. The lowest BCUT2D eigenvalue weighted by atomic mass is 10.1. The van der Waals surface area contributed by atoms with Crippen molar-refractivity contribution in [1.82, 2.24) is 0 Å². The Balaban J connectivity index is 2.27. The van der Waals surface area contributed by atoms with Gasteiger partial charge in [-0.3, -0.25) is 0 Å². The Labute approximate surface area is 136 Å². The molecule has 0 spiro atoms. The monoisotopic (exact) mass is 366 g/mol. The van der Waals surface area contributed by atoms with Crippen LogP contribution < -0.4 is 4.90 Å². The number of benzene rings is 1. The molecule has 0 aliphatic rings. The molecular formula is C15H15BrN2S2. The molecule has 0 N–H and O–H groups in total. The van der Waals surface area contributed by atoms with Crippen molar-refractivity contribution in [3.05, 3.63) is 44.6 Å². The molecule has 0 amide bonds. The third kappa shape index (κ3) is 3.57. The lowest BCUT2D eigenvalue weighted by Gasteiger charge is -2.21. The molecule has 0 saturated heterocycles. The van der Waals surface area contributed by atoms with E-state index in [-0.39, 0.29) is 0 Å². The fourth-order valence-electron chi connectivity index (χ4n) is 2.01. The predicted octanol–water partition coefficient (Wildman–Crippen LogP) is 5.13. The largest absolute Gasteiger partial charge is 0.369 e. The van der Waals surface area contributed by atoms with Crippen molar-refractivity contribution in [1.29, 1.82) is 5.26 Å². The summed E-state index contributed by atoms with van der Waals surface area (Å²) in [6, 6.07) is 10.5. The molecule has 1 aromatic carbocycles. The molecule has 20 heavy (non-hydrogen) atoms. The minimum Gasteiger partial charge on any atom is -0.369 e. The van der Waals surface area contributed by atoms with Gasteiger partial charge in [0.15, 0.2) is 0 Å².